The summed E-state index contributed by atoms with van der Waals surface area (Å²) in [4.78, 5) is 7.44. The summed E-state index contributed by atoms with van der Waals surface area (Å²) >= 11 is 0. The van der Waals surface area contributed by atoms with Gasteiger partial charge in [0.2, 0.25) is 5.95 Å². The van der Waals surface area contributed by atoms with Gasteiger partial charge in [-0.25, -0.2) is 4.98 Å². The average molecular weight is 290 g/mol. The lowest BCUT2D eigenvalue weighted by atomic mass is 9.95. The number of ether oxygens (including phenoxy) is 1. The third kappa shape index (κ3) is 3.50. The maximum Gasteiger partial charge on any atom is 0.433 e. The summed E-state index contributed by atoms with van der Waals surface area (Å²) in [5.74, 6) is 0.0762. The number of anilines is 2. The highest BCUT2D eigenvalue weighted by Gasteiger charge is 2.35. The summed E-state index contributed by atoms with van der Waals surface area (Å²) in [6, 6.07) is 0.917. The molecule has 1 saturated heterocycles. The molecule has 0 aromatic carbocycles. The number of aromatic nitrogens is 2. The number of hydrogen-bond donors (Lipinski definition) is 2. The van der Waals surface area contributed by atoms with Crippen LogP contribution in [0.25, 0.3) is 0 Å². The lowest BCUT2D eigenvalue weighted by Crippen LogP contribution is -2.43. The lowest BCUT2D eigenvalue weighted by Gasteiger charge is -2.34. The van der Waals surface area contributed by atoms with Gasteiger partial charge in [-0.2, -0.15) is 18.2 Å². The van der Waals surface area contributed by atoms with E-state index in [0.29, 0.717) is 13.2 Å². The van der Waals surface area contributed by atoms with E-state index in [1.807, 2.05) is 6.92 Å². The number of nitrogens with one attached hydrogen (secondary N) is 2. The zero-order chi connectivity index (χ0) is 14.8. The summed E-state index contributed by atoms with van der Waals surface area (Å²) in [6.45, 7) is 3.02. The van der Waals surface area contributed by atoms with E-state index in [4.69, 9.17) is 4.74 Å². The number of alkyl halides is 3. The predicted molar refractivity (Wildman–Crippen MR) is 68.7 cm³/mol. The molecule has 1 aromatic rings. The molecule has 5 nitrogen and oxygen atoms in total. The molecule has 1 aromatic heterocycles. The van der Waals surface area contributed by atoms with E-state index in [9.17, 15) is 13.2 Å². The maximum atomic E-state index is 12.8. The van der Waals surface area contributed by atoms with Crippen molar-refractivity contribution in [2.75, 3.05) is 30.9 Å². The Labute approximate surface area is 114 Å². The number of halogens is 3. The van der Waals surface area contributed by atoms with Crippen molar-refractivity contribution >= 4 is 11.8 Å². The maximum absolute atomic E-state index is 12.8. The monoisotopic (exact) mass is 290 g/mol. The first kappa shape index (κ1) is 14.8. The van der Waals surface area contributed by atoms with E-state index in [-0.39, 0.29) is 11.8 Å². The fraction of sp³-hybridized carbons (Fsp3) is 0.667. The fourth-order valence-corrected chi connectivity index (χ4v) is 2.11. The molecule has 0 amide bonds. The molecule has 112 valence electrons. The van der Waals surface area contributed by atoms with Crippen LogP contribution in [-0.2, 0) is 10.9 Å². The first-order chi connectivity index (χ1) is 9.32. The fourth-order valence-electron chi connectivity index (χ4n) is 2.11. The second-order valence-corrected chi connectivity index (χ2v) is 5.05. The Balaban J connectivity index is 2.26. The molecule has 8 heteroatoms. The van der Waals surface area contributed by atoms with Crippen molar-refractivity contribution in [1.29, 1.82) is 0 Å². The third-order valence-electron chi connectivity index (χ3n) is 3.11. The Morgan fingerprint density at radius 2 is 2.10 bits per heavy atom. The van der Waals surface area contributed by atoms with Crippen LogP contribution < -0.4 is 10.6 Å². The van der Waals surface area contributed by atoms with Gasteiger partial charge in [0.15, 0.2) is 5.69 Å². The zero-order valence-corrected chi connectivity index (χ0v) is 11.3. The smallest absolute Gasteiger partial charge is 0.379 e. The zero-order valence-electron chi connectivity index (χ0n) is 11.3. The first-order valence-electron chi connectivity index (χ1n) is 6.32. The highest BCUT2D eigenvalue weighted by Crippen LogP contribution is 2.31. The van der Waals surface area contributed by atoms with Gasteiger partial charge < -0.3 is 15.4 Å². The second kappa shape index (κ2) is 5.43. The Morgan fingerprint density at radius 1 is 1.35 bits per heavy atom. The van der Waals surface area contributed by atoms with Crippen molar-refractivity contribution in [3.8, 4) is 0 Å². The Hall–Kier alpha value is -1.57. The lowest BCUT2D eigenvalue weighted by molar-refractivity contribution is -0.141. The van der Waals surface area contributed by atoms with Crippen molar-refractivity contribution in [3.05, 3.63) is 11.8 Å². The highest BCUT2D eigenvalue weighted by atomic mass is 19.4. The molecule has 1 aliphatic heterocycles. The molecule has 0 spiro atoms. The van der Waals surface area contributed by atoms with E-state index < -0.39 is 17.4 Å². The van der Waals surface area contributed by atoms with Gasteiger partial charge in [-0.15, -0.1) is 0 Å². The summed E-state index contributed by atoms with van der Waals surface area (Å²) in [5.41, 5.74) is -1.39. The van der Waals surface area contributed by atoms with Crippen molar-refractivity contribution in [3.63, 3.8) is 0 Å². The predicted octanol–water partition coefficient (Wildman–Crippen LogP) is 2.52. The number of rotatable bonds is 3. The minimum absolute atomic E-state index is 0.0670. The summed E-state index contributed by atoms with van der Waals surface area (Å²) in [5, 5.41) is 5.56. The highest BCUT2D eigenvalue weighted by molar-refractivity contribution is 5.45. The van der Waals surface area contributed by atoms with Gasteiger partial charge in [0.25, 0.3) is 0 Å². The van der Waals surface area contributed by atoms with Gasteiger partial charge in [0.1, 0.15) is 5.82 Å². The molecule has 20 heavy (non-hydrogen) atoms. The first-order valence-corrected chi connectivity index (χ1v) is 6.32. The topological polar surface area (TPSA) is 59.1 Å². The standard InChI is InChI=1S/C12H17F3N4O/c1-11(4-3-5-20-7-11)19-9-6-8(12(13,14)15)17-10(16-2)18-9/h6H,3-5,7H2,1-2H3,(H2,16,17,18,19). The summed E-state index contributed by atoms with van der Waals surface area (Å²) < 4.78 is 43.7. The normalized spacial score (nSPS) is 23.4. The molecule has 1 atom stereocenters. The number of hydrogen-bond acceptors (Lipinski definition) is 5. The third-order valence-corrected chi connectivity index (χ3v) is 3.11. The van der Waals surface area contributed by atoms with Gasteiger partial charge in [0.05, 0.1) is 12.1 Å². The molecular formula is C12H17F3N4O. The quantitative estimate of drug-likeness (QED) is 0.895. The van der Waals surface area contributed by atoms with Crippen LogP contribution in [0.15, 0.2) is 6.07 Å². The van der Waals surface area contributed by atoms with Gasteiger partial charge >= 0.3 is 6.18 Å². The second-order valence-electron chi connectivity index (χ2n) is 5.05. The molecule has 0 bridgehead atoms. The average Bonchev–Trinajstić information content (AvgIpc) is 2.37. The molecule has 1 aliphatic rings. The molecular weight excluding hydrogens is 273 g/mol. The SMILES string of the molecule is CNc1nc(NC2(C)CCCOC2)cc(C(F)(F)F)n1. The van der Waals surface area contributed by atoms with Crippen LogP contribution in [0.3, 0.4) is 0 Å². The molecule has 2 rings (SSSR count). The van der Waals surface area contributed by atoms with Gasteiger partial charge in [-0.05, 0) is 19.8 Å². The van der Waals surface area contributed by atoms with Gasteiger partial charge in [-0.3, -0.25) is 0 Å². The molecule has 2 N–H and O–H groups in total. The van der Waals surface area contributed by atoms with Crippen LogP contribution >= 0.6 is 0 Å². The minimum atomic E-state index is -4.51. The van der Waals surface area contributed by atoms with Crippen molar-refractivity contribution in [1.82, 2.24) is 9.97 Å². The Morgan fingerprint density at radius 3 is 2.65 bits per heavy atom. The van der Waals surface area contributed by atoms with Crippen molar-refractivity contribution in [2.45, 2.75) is 31.5 Å². The molecule has 0 saturated carbocycles. The molecule has 1 unspecified atom stereocenters. The van der Waals surface area contributed by atoms with E-state index in [1.54, 1.807) is 0 Å². The minimum Gasteiger partial charge on any atom is -0.379 e. The Kier molecular flexibility index (Phi) is 4.03. The largest absolute Gasteiger partial charge is 0.433 e. The van der Waals surface area contributed by atoms with E-state index in [1.165, 1.54) is 7.05 Å². The van der Waals surface area contributed by atoms with Crippen LogP contribution in [0, 0.1) is 0 Å². The van der Waals surface area contributed by atoms with E-state index >= 15 is 0 Å². The number of nitrogens with zero attached hydrogens (tertiary/aromatic N) is 2. The molecule has 0 aliphatic carbocycles. The molecule has 0 radical (unpaired) electrons. The van der Waals surface area contributed by atoms with Crippen molar-refractivity contribution in [2.24, 2.45) is 0 Å². The molecule has 1 fully saturated rings. The van der Waals surface area contributed by atoms with Crippen LogP contribution in [-0.4, -0.2) is 35.8 Å². The van der Waals surface area contributed by atoms with Crippen LogP contribution in [0.5, 0.6) is 0 Å². The summed E-state index contributed by atoms with van der Waals surface area (Å²) in [6.07, 6.45) is -2.83. The van der Waals surface area contributed by atoms with E-state index in [0.717, 1.165) is 18.9 Å². The van der Waals surface area contributed by atoms with Crippen LogP contribution in [0.1, 0.15) is 25.5 Å². The molecule has 2 heterocycles. The van der Waals surface area contributed by atoms with Crippen LogP contribution in [0.2, 0.25) is 0 Å². The van der Waals surface area contributed by atoms with Crippen LogP contribution in [0.4, 0.5) is 24.9 Å². The Bertz CT molecular complexity index is 472. The van der Waals surface area contributed by atoms with Gasteiger partial charge in [-0.1, -0.05) is 0 Å². The van der Waals surface area contributed by atoms with E-state index in [2.05, 4.69) is 20.6 Å². The van der Waals surface area contributed by atoms with Crippen molar-refractivity contribution < 1.29 is 17.9 Å². The van der Waals surface area contributed by atoms with Gasteiger partial charge in [0, 0.05) is 19.7 Å². The summed E-state index contributed by atoms with van der Waals surface area (Å²) in [7, 11) is 1.48.